The van der Waals surface area contributed by atoms with E-state index in [0.29, 0.717) is 17.7 Å². The van der Waals surface area contributed by atoms with E-state index in [2.05, 4.69) is 20.0 Å². The lowest BCUT2D eigenvalue weighted by Gasteiger charge is -2.24. The molecule has 0 saturated heterocycles. The maximum absolute atomic E-state index is 13.7. The van der Waals surface area contributed by atoms with E-state index in [1.165, 1.54) is 25.4 Å². The number of ether oxygens (including phenoxy) is 1. The van der Waals surface area contributed by atoms with Gasteiger partial charge in [0.05, 0.1) is 18.8 Å². The van der Waals surface area contributed by atoms with Crippen molar-refractivity contribution in [1.82, 2.24) is 9.71 Å². The Hall–Kier alpha value is -2.23. The van der Waals surface area contributed by atoms with Gasteiger partial charge < -0.3 is 10.1 Å². The van der Waals surface area contributed by atoms with Crippen molar-refractivity contribution in [2.45, 2.75) is 4.90 Å². The standard InChI is InChI=1S/C15H14ClFN4O3S/c1-24-8-7-19-15-20-13-10(9-5-6-18-14(17)12(9)16)3-2-4-11(13)25(22,23)21-15/h2-6H,7-8H2,1H3,(H2,19,20,21). The molecule has 25 heavy (non-hydrogen) atoms. The molecule has 1 aliphatic rings. The first kappa shape index (κ1) is 17.6. The van der Waals surface area contributed by atoms with Gasteiger partial charge in [0.2, 0.25) is 11.9 Å². The molecule has 10 heteroatoms. The Kier molecular flexibility index (Phi) is 4.89. The highest BCUT2D eigenvalue weighted by atomic mass is 35.5. The predicted molar refractivity (Wildman–Crippen MR) is 92.8 cm³/mol. The quantitative estimate of drug-likeness (QED) is 0.623. The molecule has 1 aliphatic heterocycles. The number of nitrogens with one attached hydrogen (secondary N) is 2. The van der Waals surface area contributed by atoms with Gasteiger partial charge in [-0.25, -0.2) is 23.1 Å². The fourth-order valence-electron chi connectivity index (χ4n) is 2.38. The number of aliphatic imine (C=N–C) groups is 1. The van der Waals surface area contributed by atoms with Crippen LogP contribution in [0.1, 0.15) is 0 Å². The van der Waals surface area contributed by atoms with E-state index in [0.717, 1.165) is 0 Å². The number of benzene rings is 1. The Bertz CT molecular complexity index is 950. The highest BCUT2D eigenvalue weighted by molar-refractivity contribution is 7.90. The molecule has 1 aromatic carbocycles. The number of para-hydroxylation sites is 1. The minimum atomic E-state index is -3.82. The number of methoxy groups -OCH3 is 1. The van der Waals surface area contributed by atoms with Crippen LogP contribution < -0.4 is 10.0 Å². The third-order valence-electron chi connectivity index (χ3n) is 3.49. The molecule has 3 rings (SSSR count). The van der Waals surface area contributed by atoms with E-state index >= 15 is 0 Å². The molecule has 7 nitrogen and oxygen atoms in total. The normalized spacial score (nSPS) is 16.8. The molecule has 0 amide bonds. The van der Waals surface area contributed by atoms with Crippen LogP contribution in [0.25, 0.3) is 11.1 Å². The summed E-state index contributed by atoms with van der Waals surface area (Å²) in [5.41, 5.74) is 1.02. The third kappa shape index (κ3) is 3.44. The lowest BCUT2D eigenvalue weighted by atomic mass is 10.0. The second-order valence-corrected chi connectivity index (χ2v) is 7.12. The Balaban J connectivity index is 2.14. The Morgan fingerprint density at radius 1 is 1.32 bits per heavy atom. The zero-order valence-electron chi connectivity index (χ0n) is 13.1. The fourth-order valence-corrected chi connectivity index (χ4v) is 3.76. The second kappa shape index (κ2) is 6.95. The van der Waals surface area contributed by atoms with Gasteiger partial charge in [0.25, 0.3) is 10.0 Å². The van der Waals surface area contributed by atoms with Crippen molar-refractivity contribution in [2.24, 2.45) is 4.99 Å². The van der Waals surface area contributed by atoms with E-state index in [1.54, 1.807) is 12.1 Å². The van der Waals surface area contributed by atoms with E-state index in [1.807, 2.05) is 0 Å². The van der Waals surface area contributed by atoms with Crippen LogP contribution in [0.2, 0.25) is 5.02 Å². The molecule has 0 fully saturated rings. The molecule has 0 unspecified atom stereocenters. The van der Waals surface area contributed by atoms with E-state index in [9.17, 15) is 12.8 Å². The van der Waals surface area contributed by atoms with Crippen LogP contribution in [0, 0.1) is 5.95 Å². The second-order valence-electron chi connectivity index (χ2n) is 5.10. The average molecular weight is 385 g/mol. The lowest BCUT2D eigenvalue weighted by Crippen LogP contribution is -2.41. The summed E-state index contributed by atoms with van der Waals surface area (Å²) < 4.78 is 45.9. The largest absolute Gasteiger partial charge is 0.383 e. The number of fused-ring (bicyclic) bond motifs is 1. The first-order valence-electron chi connectivity index (χ1n) is 7.20. The molecule has 2 heterocycles. The molecule has 1 aromatic heterocycles. The molecule has 2 N–H and O–H groups in total. The van der Waals surface area contributed by atoms with Crippen LogP contribution in [-0.2, 0) is 14.8 Å². The monoisotopic (exact) mass is 384 g/mol. The number of hydrogen-bond donors (Lipinski definition) is 2. The number of rotatable bonds is 4. The first-order chi connectivity index (χ1) is 11.9. The van der Waals surface area contributed by atoms with Crippen molar-refractivity contribution in [3.8, 4) is 11.1 Å². The molecule has 0 saturated carbocycles. The third-order valence-corrected chi connectivity index (χ3v) is 5.23. The smallest absolute Gasteiger partial charge is 0.266 e. The van der Waals surface area contributed by atoms with E-state index < -0.39 is 16.0 Å². The molecular weight excluding hydrogens is 371 g/mol. The van der Waals surface area contributed by atoms with Gasteiger partial charge in [0.15, 0.2) is 0 Å². The minimum absolute atomic E-state index is 0.0176. The molecule has 0 atom stereocenters. The summed E-state index contributed by atoms with van der Waals surface area (Å²) in [5, 5.41) is 2.74. The maximum Gasteiger partial charge on any atom is 0.266 e. The van der Waals surface area contributed by atoms with Gasteiger partial charge in [0.1, 0.15) is 9.92 Å². The summed E-state index contributed by atoms with van der Waals surface area (Å²) in [7, 11) is -2.30. The topological polar surface area (TPSA) is 92.7 Å². The van der Waals surface area contributed by atoms with Crippen LogP contribution in [0.5, 0.6) is 0 Å². The average Bonchev–Trinajstić information content (AvgIpc) is 2.57. The zero-order valence-corrected chi connectivity index (χ0v) is 14.7. The number of nitrogens with zero attached hydrogens (tertiary/aromatic N) is 2. The first-order valence-corrected chi connectivity index (χ1v) is 9.07. The SMILES string of the molecule is COCCN=C1Nc2c(-c3ccnc(F)c3Cl)cccc2S(=O)(=O)N1. The van der Waals surface area contributed by atoms with Crippen molar-refractivity contribution in [3.05, 3.63) is 41.4 Å². The predicted octanol–water partition coefficient (Wildman–Crippen LogP) is 2.25. The molecule has 0 radical (unpaired) electrons. The van der Waals surface area contributed by atoms with Crippen molar-refractivity contribution >= 4 is 33.3 Å². The minimum Gasteiger partial charge on any atom is -0.383 e. The van der Waals surface area contributed by atoms with Gasteiger partial charge >= 0.3 is 0 Å². The summed E-state index contributed by atoms with van der Waals surface area (Å²) in [6.07, 6.45) is 1.26. The van der Waals surface area contributed by atoms with Gasteiger partial charge in [-0.15, -0.1) is 0 Å². The maximum atomic E-state index is 13.7. The number of anilines is 1. The summed E-state index contributed by atoms with van der Waals surface area (Å²) in [6, 6.07) is 6.14. The van der Waals surface area contributed by atoms with Gasteiger partial charge in [0, 0.05) is 24.4 Å². The van der Waals surface area contributed by atoms with Crippen LogP contribution in [0.15, 0.2) is 40.4 Å². The van der Waals surface area contributed by atoms with Crippen LogP contribution in [0.3, 0.4) is 0 Å². The Morgan fingerprint density at radius 3 is 2.88 bits per heavy atom. The van der Waals surface area contributed by atoms with Gasteiger partial charge in [-0.3, -0.25) is 0 Å². The molecular formula is C15H14ClFN4O3S. The van der Waals surface area contributed by atoms with Crippen LogP contribution in [-0.4, -0.2) is 39.6 Å². The summed E-state index contributed by atoms with van der Waals surface area (Å²) in [5.74, 6) is -0.773. The highest BCUT2D eigenvalue weighted by Crippen LogP contribution is 2.38. The number of aromatic nitrogens is 1. The van der Waals surface area contributed by atoms with E-state index in [-0.39, 0.29) is 28.1 Å². The molecule has 132 valence electrons. The van der Waals surface area contributed by atoms with Crippen molar-refractivity contribution in [2.75, 3.05) is 25.6 Å². The van der Waals surface area contributed by atoms with Crippen LogP contribution >= 0.6 is 11.6 Å². The number of hydrogen-bond acceptors (Lipinski definition) is 5. The van der Waals surface area contributed by atoms with Gasteiger partial charge in [-0.05, 0) is 12.1 Å². The number of guanidine groups is 1. The number of halogens is 2. The summed E-state index contributed by atoms with van der Waals surface area (Å²) in [4.78, 5) is 7.61. The summed E-state index contributed by atoms with van der Waals surface area (Å²) in [6.45, 7) is 0.603. The van der Waals surface area contributed by atoms with Crippen molar-refractivity contribution < 1.29 is 17.5 Å². The summed E-state index contributed by atoms with van der Waals surface area (Å²) >= 11 is 6.00. The van der Waals surface area contributed by atoms with Gasteiger partial charge in [-0.2, -0.15) is 4.39 Å². The highest BCUT2D eigenvalue weighted by Gasteiger charge is 2.29. The Morgan fingerprint density at radius 2 is 2.12 bits per heavy atom. The van der Waals surface area contributed by atoms with E-state index in [4.69, 9.17) is 16.3 Å². The van der Waals surface area contributed by atoms with Crippen molar-refractivity contribution in [3.63, 3.8) is 0 Å². The fraction of sp³-hybridized carbons (Fsp3) is 0.200. The van der Waals surface area contributed by atoms with Crippen LogP contribution in [0.4, 0.5) is 10.1 Å². The molecule has 0 bridgehead atoms. The molecule has 0 aliphatic carbocycles. The number of pyridine rings is 1. The molecule has 0 spiro atoms. The van der Waals surface area contributed by atoms with Crippen molar-refractivity contribution in [1.29, 1.82) is 0 Å². The Labute approximate surface area is 149 Å². The number of sulfonamides is 1. The lowest BCUT2D eigenvalue weighted by molar-refractivity contribution is 0.208. The van der Waals surface area contributed by atoms with Gasteiger partial charge in [-0.1, -0.05) is 23.7 Å². The zero-order chi connectivity index (χ0) is 18.0. The molecule has 2 aromatic rings.